The number of rotatable bonds is 4. The van der Waals surface area contributed by atoms with Gasteiger partial charge in [-0.3, -0.25) is 9.67 Å². The fraction of sp³-hybridized carbons (Fsp3) is 0.308. The van der Waals surface area contributed by atoms with Crippen molar-refractivity contribution >= 4 is 45.9 Å². The average molecular weight is 483 g/mol. The van der Waals surface area contributed by atoms with Gasteiger partial charge in [-0.05, 0) is 18.2 Å². The van der Waals surface area contributed by atoms with Crippen molar-refractivity contribution in [1.29, 1.82) is 0 Å². The SMILES string of the molecule is CN=C(NCc1cc(Br)ccc1F)NCc1ncnn1C.I. The van der Waals surface area contributed by atoms with Gasteiger partial charge >= 0.3 is 0 Å². The second-order valence-corrected chi connectivity index (χ2v) is 5.23. The standard InChI is InChI=1S/C13H16BrFN6.HI/c1-16-13(18-7-12-19-8-20-21(12)2)17-6-9-5-10(14)3-4-11(9)15;/h3-5,8H,6-7H2,1-2H3,(H2,16,17,18);1H. The molecule has 0 fully saturated rings. The molecule has 0 aliphatic rings. The molecule has 1 heterocycles. The van der Waals surface area contributed by atoms with E-state index in [1.165, 1.54) is 12.4 Å². The lowest BCUT2D eigenvalue weighted by molar-refractivity contribution is 0.603. The minimum atomic E-state index is -0.255. The first-order chi connectivity index (χ1) is 10.1. The molecule has 2 aromatic rings. The summed E-state index contributed by atoms with van der Waals surface area (Å²) in [5.74, 6) is 1.10. The van der Waals surface area contributed by atoms with Crippen molar-refractivity contribution in [3.8, 4) is 0 Å². The van der Waals surface area contributed by atoms with E-state index in [1.807, 2.05) is 7.05 Å². The summed E-state index contributed by atoms with van der Waals surface area (Å²) >= 11 is 3.33. The molecule has 0 unspecified atom stereocenters. The molecule has 2 N–H and O–H groups in total. The van der Waals surface area contributed by atoms with Crippen LogP contribution in [0.4, 0.5) is 4.39 Å². The van der Waals surface area contributed by atoms with Crippen LogP contribution in [-0.4, -0.2) is 27.8 Å². The fourth-order valence-electron chi connectivity index (χ4n) is 1.72. The topological polar surface area (TPSA) is 67.1 Å². The van der Waals surface area contributed by atoms with Crippen LogP contribution in [0.15, 0.2) is 34.0 Å². The molecule has 6 nitrogen and oxygen atoms in total. The summed E-state index contributed by atoms with van der Waals surface area (Å²) in [4.78, 5) is 8.19. The third-order valence-corrected chi connectivity index (χ3v) is 3.39. The van der Waals surface area contributed by atoms with Crippen molar-refractivity contribution in [2.45, 2.75) is 13.1 Å². The van der Waals surface area contributed by atoms with Gasteiger partial charge in [0, 0.05) is 30.7 Å². The molecule has 1 aromatic carbocycles. The van der Waals surface area contributed by atoms with Gasteiger partial charge in [0.25, 0.3) is 0 Å². The van der Waals surface area contributed by atoms with Crippen molar-refractivity contribution < 1.29 is 4.39 Å². The molecular weight excluding hydrogens is 466 g/mol. The largest absolute Gasteiger partial charge is 0.352 e. The van der Waals surface area contributed by atoms with Gasteiger partial charge in [-0.2, -0.15) is 5.10 Å². The second-order valence-electron chi connectivity index (χ2n) is 4.31. The number of halogens is 3. The number of hydrogen-bond acceptors (Lipinski definition) is 3. The maximum atomic E-state index is 13.6. The van der Waals surface area contributed by atoms with Gasteiger partial charge in [-0.1, -0.05) is 15.9 Å². The van der Waals surface area contributed by atoms with Crippen LogP contribution < -0.4 is 10.6 Å². The molecule has 22 heavy (non-hydrogen) atoms. The van der Waals surface area contributed by atoms with E-state index in [4.69, 9.17) is 0 Å². The van der Waals surface area contributed by atoms with Gasteiger partial charge in [0.05, 0.1) is 6.54 Å². The van der Waals surface area contributed by atoms with Gasteiger partial charge in [-0.15, -0.1) is 24.0 Å². The van der Waals surface area contributed by atoms with Gasteiger partial charge in [0.1, 0.15) is 18.0 Å². The van der Waals surface area contributed by atoms with Crippen molar-refractivity contribution in [2.75, 3.05) is 7.05 Å². The van der Waals surface area contributed by atoms with Crippen LogP contribution in [0.5, 0.6) is 0 Å². The highest BCUT2D eigenvalue weighted by atomic mass is 127. The number of guanidine groups is 1. The van der Waals surface area contributed by atoms with E-state index >= 15 is 0 Å². The first kappa shape index (κ1) is 18.8. The number of aryl methyl sites for hydroxylation is 1. The lowest BCUT2D eigenvalue weighted by Gasteiger charge is -2.12. The smallest absolute Gasteiger partial charge is 0.191 e. The third-order valence-electron chi connectivity index (χ3n) is 2.90. The Morgan fingerprint density at radius 3 is 2.73 bits per heavy atom. The molecule has 1 aromatic heterocycles. The highest BCUT2D eigenvalue weighted by Crippen LogP contribution is 2.15. The van der Waals surface area contributed by atoms with E-state index in [-0.39, 0.29) is 29.8 Å². The molecule has 2 rings (SSSR count). The molecule has 0 saturated heterocycles. The maximum absolute atomic E-state index is 13.6. The molecule has 0 amide bonds. The summed E-state index contributed by atoms with van der Waals surface area (Å²) in [6, 6.07) is 4.83. The lowest BCUT2D eigenvalue weighted by atomic mass is 10.2. The van der Waals surface area contributed by atoms with Crippen LogP contribution in [0.2, 0.25) is 0 Å². The summed E-state index contributed by atoms with van der Waals surface area (Å²) in [6.07, 6.45) is 1.49. The minimum Gasteiger partial charge on any atom is -0.352 e. The Morgan fingerprint density at radius 2 is 2.09 bits per heavy atom. The Morgan fingerprint density at radius 1 is 1.36 bits per heavy atom. The highest BCUT2D eigenvalue weighted by molar-refractivity contribution is 14.0. The van der Waals surface area contributed by atoms with E-state index in [9.17, 15) is 4.39 Å². The minimum absolute atomic E-state index is 0. The quantitative estimate of drug-likeness (QED) is 0.398. The molecule has 120 valence electrons. The summed E-state index contributed by atoms with van der Waals surface area (Å²) in [5, 5.41) is 10.1. The Hall–Kier alpha value is -1.23. The van der Waals surface area contributed by atoms with Crippen LogP contribution in [0.3, 0.4) is 0 Å². The molecule has 0 aliphatic carbocycles. The fourth-order valence-corrected chi connectivity index (χ4v) is 2.13. The second kappa shape index (κ2) is 9.03. The van der Waals surface area contributed by atoms with Crippen LogP contribution >= 0.6 is 39.9 Å². The zero-order valence-electron chi connectivity index (χ0n) is 12.2. The molecule has 0 saturated carbocycles. The van der Waals surface area contributed by atoms with E-state index in [2.05, 4.69) is 41.6 Å². The summed E-state index contributed by atoms with van der Waals surface area (Å²) in [7, 11) is 3.47. The zero-order chi connectivity index (χ0) is 15.2. The Bertz CT molecular complexity index is 645. The summed E-state index contributed by atoms with van der Waals surface area (Å²) in [6.45, 7) is 0.820. The average Bonchev–Trinajstić information content (AvgIpc) is 2.88. The number of aliphatic imine (C=N–C) groups is 1. The zero-order valence-corrected chi connectivity index (χ0v) is 16.1. The van der Waals surface area contributed by atoms with Crippen molar-refractivity contribution in [3.05, 3.63) is 46.2 Å². The molecule has 0 aliphatic heterocycles. The van der Waals surface area contributed by atoms with Crippen LogP contribution in [0, 0.1) is 5.82 Å². The van der Waals surface area contributed by atoms with E-state index in [1.54, 1.807) is 23.9 Å². The number of hydrogen-bond donors (Lipinski definition) is 2. The maximum Gasteiger partial charge on any atom is 0.191 e. The molecule has 0 bridgehead atoms. The Labute approximate surface area is 153 Å². The number of aromatic nitrogens is 3. The number of nitrogens with zero attached hydrogens (tertiary/aromatic N) is 4. The predicted octanol–water partition coefficient (Wildman–Crippen LogP) is 2.20. The Kier molecular flexibility index (Phi) is 7.73. The third kappa shape index (κ3) is 5.20. The van der Waals surface area contributed by atoms with E-state index in [0.717, 1.165) is 10.3 Å². The van der Waals surface area contributed by atoms with Crippen molar-refractivity contribution in [2.24, 2.45) is 12.0 Å². The summed E-state index contributed by atoms with van der Waals surface area (Å²) in [5.41, 5.74) is 0.561. The van der Waals surface area contributed by atoms with Crippen LogP contribution in [0.1, 0.15) is 11.4 Å². The molecule has 9 heteroatoms. The molecule has 0 atom stereocenters. The monoisotopic (exact) mass is 482 g/mol. The lowest BCUT2D eigenvalue weighted by Crippen LogP contribution is -2.37. The normalized spacial score (nSPS) is 11.0. The van der Waals surface area contributed by atoms with Gasteiger partial charge < -0.3 is 10.6 Å². The van der Waals surface area contributed by atoms with Crippen LogP contribution in [-0.2, 0) is 20.1 Å². The predicted molar refractivity (Wildman–Crippen MR) is 97.6 cm³/mol. The summed E-state index contributed by atoms with van der Waals surface area (Å²) < 4.78 is 16.2. The van der Waals surface area contributed by atoms with Gasteiger partial charge in [0.15, 0.2) is 5.96 Å². The van der Waals surface area contributed by atoms with E-state index < -0.39 is 0 Å². The molecule has 0 spiro atoms. The molecular formula is C13H17BrFIN6. The van der Waals surface area contributed by atoms with Gasteiger partial charge in [0.2, 0.25) is 0 Å². The van der Waals surface area contributed by atoms with E-state index in [0.29, 0.717) is 24.6 Å². The first-order valence-corrected chi connectivity index (χ1v) is 7.10. The Balaban J connectivity index is 0.00000242. The van der Waals surface area contributed by atoms with Crippen molar-refractivity contribution in [1.82, 2.24) is 25.4 Å². The first-order valence-electron chi connectivity index (χ1n) is 6.31. The highest BCUT2D eigenvalue weighted by Gasteiger charge is 2.06. The van der Waals surface area contributed by atoms with Gasteiger partial charge in [-0.25, -0.2) is 9.37 Å². The number of benzene rings is 1. The number of nitrogens with one attached hydrogen (secondary N) is 2. The van der Waals surface area contributed by atoms with Crippen LogP contribution in [0.25, 0.3) is 0 Å². The van der Waals surface area contributed by atoms with Crippen molar-refractivity contribution in [3.63, 3.8) is 0 Å². The molecule has 0 radical (unpaired) electrons.